The third-order valence-corrected chi connectivity index (χ3v) is 2.67. The monoisotopic (exact) mass is 231 g/mol. The van der Waals surface area contributed by atoms with Crippen molar-refractivity contribution in [3.63, 3.8) is 0 Å². The Morgan fingerprint density at radius 1 is 1.29 bits per heavy atom. The normalized spacial score (nSPS) is 10.5. The van der Waals surface area contributed by atoms with Gasteiger partial charge in [-0.1, -0.05) is 17.7 Å². The lowest BCUT2D eigenvalue weighted by atomic mass is 10.1. The van der Waals surface area contributed by atoms with Gasteiger partial charge in [-0.2, -0.15) is 5.10 Å². The standard InChI is InChI=1S/C13H17N3O/c1-9-4-5-12(10(2)6-9)17-8-11-7-13(14)16(3)15-11/h4-7H,8,14H2,1-3H3. The van der Waals surface area contributed by atoms with E-state index in [0.29, 0.717) is 12.4 Å². The van der Waals surface area contributed by atoms with Crippen LogP contribution < -0.4 is 10.5 Å². The van der Waals surface area contributed by atoms with E-state index in [1.165, 1.54) is 5.56 Å². The van der Waals surface area contributed by atoms with Crippen molar-refractivity contribution in [2.45, 2.75) is 20.5 Å². The van der Waals surface area contributed by atoms with E-state index in [4.69, 9.17) is 10.5 Å². The van der Waals surface area contributed by atoms with Crippen LogP contribution in [0.2, 0.25) is 0 Å². The molecule has 0 atom stereocenters. The topological polar surface area (TPSA) is 53.1 Å². The molecule has 2 aromatic rings. The van der Waals surface area contributed by atoms with Crippen molar-refractivity contribution in [3.05, 3.63) is 41.1 Å². The van der Waals surface area contributed by atoms with Gasteiger partial charge < -0.3 is 10.5 Å². The molecule has 0 bridgehead atoms. The molecule has 17 heavy (non-hydrogen) atoms. The Bertz CT molecular complexity index is 512. The SMILES string of the molecule is Cc1ccc(OCc2cc(N)n(C)n2)c(C)c1. The van der Waals surface area contributed by atoms with Gasteiger partial charge in [0.05, 0.1) is 0 Å². The molecule has 0 saturated carbocycles. The van der Waals surface area contributed by atoms with E-state index in [-0.39, 0.29) is 0 Å². The fourth-order valence-corrected chi connectivity index (χ4v) is 1.73. The number of hydrogen-bond acceptors (Lipinski definition) is 3. The summed E-state index contributed by atoms with van der Waals surface area (Å²) < 4.78 is 7.35. The van der Waals surface area contributed by atoms with Gasteiger partial charge in [0.1, 0.15) is 23.9 Å². The maximum atomic E-state index is 5.71. The van der Waals surface area contributed by atoms with E-state index in [1.54, 1.807) is 4.68 Å². The largest absolute Gasteiger partial charge is 0.487 e. The zero-order valence-electron chi connectivity index (χ0n) is 10.4. The molecule has 0 aliphatic heterocycles. The number of nitrogen functional groups attached to an aromatic ring is 1. The third-order valence-electron chi connectivity index (χ3n) is 2.67. The van der Waals surface area contributed by atoms with Crippen LogP contribution in [0, 0.1) is 13.8 Å². The maximum Gasteiger partial charge on any atom is 0.132 e. The molecule has 0 aliphatic rings. The lowest BCUT2D eigenvalue weighted by Crippen LogP contribution is -2.00. The van der Waals surface area contributed by atoms with Gasteiger partial charge >= 0.3 is 0 Å². The summed E-state index contributed by atoms with van der Waals surface area (Å²) in [4.78, 5) is 0. The number of nitrogens with two attached hydrogens (primary N) is 1. The van der Waals surface area contributed by atoms with Crippen molar-refractivity contribution in [1.29, 1.82) is 0 Å². The molecule has 2 rings (SSSR count). The number of aryl methyl sites for hydroxylation is 3. The summed E-state index contributed by atoms with van der Waals surface area (Å²) in [5, 5.41) is 4.24. The zero-order valence-corrected chi connectivity index (χ0v) is 10.4. The Balaban J connectivity index is 2.07. The van der Waals surface area contributed by atoms with Crippen LogP contribution in [-0.4, -0.2) is 9.78 Å². The summed E-state index contributed by atoms with van der Waals surface area (Å²) in [7, 11) is 1.82. The summed E-state index contributed by atoms with van der Waals surface area (Å²) in [5.74, 6) is 1.53. The highest BCUT2D eigenvalue weighted by Crippen LogP contribution is 2.20. The highest BCUT2D eigenvalue weighted by atomic mass is 16.5. The minimum atomic E-state index is 0.439. The lowest BCUT2D eigenvalue weighted by Gasteiger charge is -2.08. The third kappa shape index (κ3) is 2.58. The van der Waals surface area contributed by atoms with Gasteiger partial charge in [-0.25, -0.2) is 0 Å². The van der Waals surface area contributed by atoms with Crippen LogP contribution in [0.15, 0.2) is 24.3 Å². The quantitative estimate of drug-likeness (QED) is 0.881. The van der Waals surface area contributed by atoms with E-state index in [2.05, 4.69) is 18.1 Å². The number of hydrogen-bond donors (Lipinski definition) is 1. The Labute approximate surface area is 101 Å². The Morgan fingerprint density at radius 2 is 2.06 bits per heavy atom. The molecule has 0 fully saturated rings. The van der Waals surface area contributed by atoms with Gasteiger partial charge in [0, 0.05) is 13.1 Å². The number of ether oxygens (including phenoxy) is 1. The Kier molecular flexibility index (Phi) is 3.04. The average Bonchev–Trinajstić information content (AvgIpc) is 2.57. The molecule has 0 saturated heterocycles. The van der Waals surface area contributed by atoms with Crippen molar-refractivity contribution >= 4 is 5.82 Å². The van der Waals surface area contributed by atoms with Gasteiger partial charge in [0.15, 0.2) is 0 Å². The molecule has 0 radical (unpaired) electrons. The molecule has 0 unspecified atom stereocenters. The molecule has 1 aromatic carbocycles. The van der Waals surface area contributed by atoms with Crippen LogP contribution in [-0.2, 0) is 13.7 Å². The predicted octanol–water partition coefficient (Wildman–Crippen LogP) is 2.20. The lowest BCUT2D eigenvalue weighted by molar-refractivity contribution is 0.298. The molecule has 0 amide bonds. The first kappa shape index (κ1) is 11.5. The van der Waals surface area contributed by atoms with Crippen LogP contribution in [0.4, 0.5) is 5.82 Å². The van der Waals surface area contributed by atoms with Crippen LogP contribution in [0.3, 0.4) is 0 Å². The molecule has 1 heterocycles. The second kappa shape index (κ2) is 4.49. The van der Waals surface area contributed by atoms with Crippen LogP contribution >= 0.6 is 0 Å². The summed E-state index contributed by atoms with van der Waals surface area (Å²) in [6.07, 6.45) is 0. The van der Waals surface area contributed by atoms with Gasteiger partial charge in [0.2, 0.25) is 0 Å². The second-order valence-corrected chi connectivity index (χ2v) is 4.24. The van der Waals surface area contributed by atoms with Crippen molar-refractivity contribution < 1.29 is 4.74 Å². The van der Waals surface area contributed by atoms with Crippen molar-refractivity contribution in [2.75, 3.05) is 5.73 Å². The average molecular weight is 231 g/mol. The molecule has 4 nitrogen and oxygen atoms in total. The first-order valence-corrected chi connectivity index (χ1v) is 5.54. The maximum absolute atomic E-state index is 5.71. The molecule has 90 valence electrons. The number of anilines is 1. The van der Waals surface area contributed by atoms with Gasteiger partial charge in [-0.05, 0) is 25.5 Å². The van der Waals surface area contributed by atoms with E-state index < -0.39 is 0 Å². The highest BCUT2D eigenvalue weighted by Gasteiger charge is 2.04. The van der Waals surface area contributed by atoms with Gasteiger partial charge in [-0.3, -0.25) is 4.68 Å². The molecule has 0 aliphatic carbocycles. The Morgan fingerprint density at radius 3 is 2.65 bits per heavy atom. The van der Waals surface area contributed by atoms with Crippen LogP contribution in [0.25, 0.3) is 0 Å². The van der Waals surface area contributed by atoms with E-state index >= 15 is 0 Å². The number of aromatic nitrogens is 2. The molecule has 4 heteroatoms. The summed E-state index contributed by atoms with van der Waals surface area (Å²) in [6.45, 7) is 4.54. The zero-order chi connectivity index (χ0) is 12.4. The second-order valence-electron chi connectivity index (χ2n) is 4.24. The molecule has 0 spiro atoms. The van der Waals surface area contributed by atoms with Crippen molar-refractivity contribution in [2.24, 2.45) is 7.05 Å². The minimum absolute atomic E-state index is 0.439. The number of benzene rings is 1. The predicted molar refractivity (Wildman–Crippen MR) is 67.9 cm³/mol. The number of rotatable bonds is 3. The molecule has 1 aromatic heterocycles. The smallest absolute Gasteiger partial charge is 0.132 e. The van der Waals surface area contributed by atoms with Crippen LogP contribution in [0.5, 0.6) is 5.75 Å². The molecule has 2 N–H and O–H groups in total. The minimum Gasteiger partial charge on any atom is -0.487 e. The van der Waals surface area contributed by atoms with Crippen LogP contribution in [0.1, 0.15) is 16.8 Å². The highest BCUT2D eigenvalue weighted by molar-refractivity contribution is 5.36. The van der Waals surface area contributed by atoms with E-state index in [0.717, 1.165) is 17.0 Å². The van der Waals surface area contributed by atoms with E-state index in [9.17, 15) is 0 Å². The molecular weight excluding hydrogens is 214 g/mol. The first-order chi connectivity index (χ1) is 8.06. The fourth-order valence-electron chi connectivity index (χ4n) is 1.73. The molecular formula is C13H17N3O. The van der Waals surface area contributed by atoms with Gasteiger partial charge in [0.25, 0.3) is 0 Å². The Hall–Kier alpha value is -1.97. The van der Waals surface area contributed by atoms with E-state index in [1.807, 2.05) is 32.2 Å². The first-order valence-electron chi connectivity index (χ1n) is 5.54. The summed E-state index contributed by atoms with van der Waals surface area (Å²) >= 11 is 0. The van der Waals surface area contributed by atoms with Gasteiger partial charge in [-0.15, -0.1) is 0 Å². The fraction of sp³-hybridized carbons (Fsp3) is 0.308. The number of nitrogens with zero attached hydrogens (tertiary/aromatic N) is 2. The summed E-state index contributed by atoms with van der Waals surface area (Å²) in [6, 6.07) is 7.94. The van der Waals surface area contributed by atoms with Crippen molar-refractivity contribution in [1.82, 2.24) is 9.78 Å². The summed E-state index contributed by atoms with van der Waals surface area (Å²) in [5.41, 5.74) is 8.91. The van der Waals surface area contributed by atoms with Crippen molar-refractivity contribution in [3.8, 4) is 5.75 Å².